The first-order valence-corrected chi connectivity index (χ1v) is 16.3. The molecule has 0 fully saturated rings. The Morgan fingerprint density at radius 2 is 1.22 bits per heavy atom. The zero-order chi connectivity index (χ0) is 27.9. The van der Waals surface area contributed by atoms with Gasteiger partial charge in [0.1, 0.15) is 0 Å². The van der Waals surface area contributed by atoms with E-state index in [2.05, 4.69) is 126 Å². The first-order valence-electron chi connectivity index (χ1n) is 12.8. The van der Waals surface area contributed by atoms with Crippen molar-refractivity contribution >= 4 is 50.6 Å². The molecule has 0 bridgehead atoms. The van der Waals surface area contributed by atoms with E-state index in [9.17, 15) is 5.11 Å². The number of aliphatic hydroxyl groups is 3. The van der Waals surface area contributed by atoms with E-state index in [0.29, 0.717) is 38.7 Å². The molecular formula is C30H44Br2O4Si. The van der Waals surface area contributed by atoms with Crippen LogP contribution < -0.4 is 10.4 Å². The lowest BCUT2D eigenvalue weighted by molar-refractivity contribution is 0.152. The summed E-state index contributed by atoms with van der Waals surface area (Å²) in [6, 6.07) is 21.3. The fraction of sp³-hybridized carbons (Fsp3) is 0.467. The Hall–Kier alpha value is -1.06. The van der Waals surface area contributed by atoms with Crippen molar-refractivity contribution in [2.75, 3.05) is 13.2 Å². The smallest absolute Gasteiger partial charge is 0.261 e. The van der Waals surface area contributed by atoms with Crippen LogP contribution in [0.1, 0.15) is 59.3 Å². The second-order valence-corrected chi connectivity index (χ2v) is 16.8. The Balaban J connectivity index is 0.000000580. The van der Waals surface area contributed by atoms with E-state index in [1.54, 1.807) is 0 Å². The van der Waals surface area contributed by atoms with Crippen LogP contribution in [0.4, 0.5) is 0 Å². The maximum atomic E-state index is 10.1. The second-order valence-electron chi connectivity index (χ2n) is 10.3. The van der Waals surface area contributed by atoms with Crippen molar-refractivity contribution in [3.63, 3.8) is 0 Å². The molecule has 0 radical (unpaired) electrons. The Kier molecular flexibility index (Phi) is 16.1. The van der Waals surface area contributed by atoms with Crippen LogP contribution in [0.15, 0.2) is 82.8 Å². The van der Waals surface area contributed by atoms with Crippen molar-refractivity contribution < 1.29 is 19.7 Å². The first-order chi connectivity index (χ1) is 17.4. The minimum absolute atomic E-state index is 0.0154. The molecule has 2 rings (SSSR count). The second kappa shape index (κ2) is 17.5. The summed E-state index contributed by atoms with van der Waals surface area (Å²) in [4.78, 5) is 0. The van der Waals surface area contributed by atoms with Gasteiger partial charge in [-0.25, -0.2) is 0 Å². The van der Waals surface area contributed by atoms with Crippen LogP contribution in [0.2, 0.25) is 5.04 Å². The summed E-state index contributed by atoms with van der Waals surface area (Å²) < 4.78 is 8.45. The van der Waals surface area contributed by atoms with Crippen molar-refractivity contribution in [3.05, 3.63) is 82.8 Å². The molecule has 0 spiro atoms. The zero-order valence-corrected chi connectivity index (χ0v) is 26.7. The maximum absolute atomic E-state index is 10.1. The monoisotopic (exact) mass is 654 g/mol. The van der Waals surface area contributed by atoms with Crippen LogP contribution in [-0.4, -0.2) is 49.1 Å². The predicted octanol–water partition coefficient (Wildman–Crippen LogP) is 6.42. The fourth-order valence-electron chi connectivity index (χ4n) is 4.35. The van der Waals surface area contributed by atoms with Crippen LogP contribution in [0.25, 0.3) is 0 Å². The molecule has 37 heavy (non-hydrogen) atoms. The molecule has 3 N–H and O–H groups in total. The van der Waals surface area contributed by atoms with Crippen molar-refractivity contribution in [1.82, 2.24) is 0 Å². The van der Waals surface area contributed by atoms with E-state index in [1.807, 2.05) is 0 Å². The van der Waals surface area contributed by atoms with E-state index in [1.165, 1.54) is 10.4 Å². The van der Waals surface area contributed by atoms with Gasteiger partial charge < -0.3 is 19.7 Å². The molecule has 0 amide bonds. The van der Waals surface area contributed by atoms with Crippen LogP contribution >= 0.6 is 31.9 Å². The SMILES string of the molecule is C=C(Br)CC(O)CCCO.C=C(Br)CC(O)CCCO[Si](c1ccccc1)(c1ccccc1)C(C)(C)C. The summed E-state index contributed by atoms with van der Waals surface area (Å²) in [5.41, 5.74) is 0. The molecular weight excluding hydrogens is 612 g/mol. The third-order valence-electron chi connectivity index (χ3n) is 6.03. The molecule has 0 aliphatic carbocycles. The van der Waals surface area contributed by atoms with Gasteiger partial charge in [0.2, 0.25) is 0 Å². The summed E-state index contributed by atoms with van der Waals surface area (Å²) in [7, 11) is -2.46. The van der Waals surface area contributed by atoms with Gasteiger partial charge in [-0.1, -0.05) is 126 Å². The largest absolute Gasteiger partial charge is 0.407 e. The van der Waals surface area contributed by atoms with E-state index < -0.39 is 8.32 Å². The Morgan fingerprint density at radius 1 is 0.811 bits per heavy atom. The van der Waals surface area contributed by atoms with Gasteiger partial charge in [-0.2, -0.15) is 0 Å². The topological polar surface area (TPSA) is 69.9 Å². The van der Waals surface area contributed by atoms with Crippen molar-refractivity contribution in [2.24, 2.45) is 0 Å². The molecule has 0 saturated carbocycles. The summed E-state index contributed by atoms with van der Waals surface area (Å²) in [5.74, 6) is 0. The van der Waals surface area contributed by atoms with Gasteiger partial charge >= 0.3 is 0 Å². The highest BCUT2D eigenvalue weighted by molar-refractivity contribution is 9.12. The Morgan fingerprint density at radius 3 is 1.57 bits per heavy atom. The quantitative estimate of drug-likeness (QED) is 0.162. The number of benzene rings is 2. The molecule has 2 aromatic rings. The van der Waals surface area contributed by atoms with Crippen LogP contribution in [0.3, 0.4) is 0 Å². The minimum atomic E-state index is -2.46. The average molecular weight is 657 g/mol. The summed E-state index contributed by atoms with van der Waals surface area (Å²) >= 11 is 6.47. The third kappa shape index (κ3) is 12.1. The van der Waals surface area contributed by atoms with E-state index in [4.69, 9.17) is 14.6 Å². The highest BCUT2D eigenvalue weighted by Gasteiger charge is 2.49. The average Bonchev–Trinajstić information content (AvgIpc) is 2.83. The Bertz CT molecular complexity index is 877. The van der Waals surface area contributed by atoms with Gasteiger partial charge in [0, 0.05) is 26.1 Å². The molecule has 0 heterocycles. The molecule has 0 aliphatic heterocycles. The lowest BCUT2D eigenvalue weighted by Crippen LogP contribution is -2.66. The fourth-order valence-corrected chi connectivity index (χ4v) is 9.70. The lowest BCUT2D eigenvalue weighted by atomic mass is 10.1. The van der Waals surface area contributed by atoms with Crippen molar-refractivity contribution in [2.45, 2.75) is 76.5 Å². The van der Waals surface area contributed by atoms with Crippen LogP contribution in [0, 0.1) is 0 Å². The highest BCUT2D eigenvalue weighted by atomic mass is 79.9. The first kappa shape index (κ1) is 34.0. The molecule has 0 saturated heterocycles. The number of rotatable bonds is 14. The number of hydrogen-bond donors (Lipinski definition) is 3. The number of hydrogen-bond acceptors (Lipinski definition) is 4. The van der Waals surface area contributed by atoms with Crippen molar-refractivity contribution in [3.8, 4) is 0 Å². The molecule has 2 atom stereocenters. The zero-order valence-electron chi connectivity index (χ0n) is 22.5. The maximum Gasteiger partial charge on any atom is 0.261 e. The van der Waals surface area contributed by atoms with Gasteiger partial charge in [-0.05, 0) is 50.1 Å². The standard InChI is InChI=1S/C23H31BrO2Si.C7H13BrO2/c1-19(24)18-20(25)12-11-17-26-27(23(2,3)4,21-13-7-5-8-14-21)22-15-9-6-10-16-22;1-6(8)5-7(10)3-2-4-9/h5-10,13-16,20,25H,1,11-12,17-18H2,2-4H3;7,9-10H,1-5H2. The van der Waals surface area contributed by atoms with Gasteiger partial charge in [0.05, 0.1) is 12.2 Å². The summed E-state index contributed by atoms with van der Waals surface area (Å²) in [5, 5.41) is 30.2. The Labute approximate surface area is 241 Å². The van der Waals surface area contributed by atoms with E-state index >= 15 is 0 Å². The van der Waals surface area contributed by atoms with Gasteiger partial charge in [0.15, 0.2) is 0 Å². The summed E-state index contributed by atoms with van der Waals surface area (Å²) in [6.07, 6.45) is 3.25. The van der Waals surface area contributed by atoms with E-state index in [-0.39, 0.29) is 23.9 Å². The highest BCUT2D eigenvalue weighted by Crippen LogP contribution is 2.36. The number of aliphatic hydroxyl groups excluding tert-OH is 3. The molecule has 206 valence electrons. The normalized spacial score (nSPS) is 13.3. The van der Waals surface area contributed by atoms with Gasteiger partial charge in [0.25, 0.3) is 8.32 Å². The molecule has 0 aromatic heterocycles. The molecule has 0 aliphatic rings. The predicted molar refractivity (Wildman–Crippen MR) is 167 cm³/mol. The van der Waals surface area contributed by atoms with E-state index in [0.717, 1.165) is 15.4 Å². The lowest BCUT2D eigenvalue weighted by Gasteiger charge is -2.43. The number of halogens is 2. The van der Waals surface area contributed by atoms with Gasteiger partial charge in [-0.15, -0.1) is 0 Å². The van der Waals surface area contributed by atoms with Crippen LogP contribution in [0.5, 0.6) is 0 Å². The van der Waals surface area contributed by atoms with Crippen LogP contribution in [-0.2, 0) is 4.43 Å². The summed E-state index contributed by atoms with van der Waals surface area (Å²) in [6.45, 7) is 15.0. The molecule has 4 nitrogen and oxygen atoms in total. The molecule has 2 aromatic carbocycles. The third-order valence-corrected chi connectivity index (χ3v) is 11.7. The minimum Gasteiger partial charge on any atom is -0.407 e. The van der Waals surface area contributed by atoms with Gasteiger partial charge in [-0.3, -0.25) is 0 Å². The van der Waals surface area contributed by atoms with Crippen molar-refractivity contribution in [1.29, 1.82) is 0 Å². The molecule has 7 heteroatoms. The molecule has 2 unspecified atom stereocenters.